The van der Waals surface area contributed by atoms with Gasteiger partial charge in [-0.25, -0.2) is 4.57 Å². The lowest BCUT2D eigenvalue weighted by Crippen LogP contribution is -3.00. The van der Waals surface area contributed by atoms with E-state index in [4.69, 9.17) is 0 Å². The van der Waals surface area contributed by atoms with E-state index < -0.39 is 0 Å². The Balaban J connectivity index is 0.00000253. The number of nitrogens with zero attached hydrogens (tertiary/aromatic N) is 3. The van der Waals surface area contributed by atoms with Gasteiger partial charge in [-0.3, -0.25) is 4.79 Å². The quantitative estimate of drug-likeness (QED) is 0.283. The Morgan fingerprint density at radius 3 is 2.46 bits per heavy atom. The van der Waals surface area contributed by atoms with E-state index in [0.29, 0.717) is 29.9 Å². The number of aliphatic hydroxyl groups is 1. The number of aliphatic hydroxyl groups excluding tert-OH is 1. The normalized spacial score (nSPS) is 13.5. The maximum Gasteiger partial charge on any atom is 0.281 e. The molecule has 1 aliphatic heterocycles. The van der Waals surface area contributed by atoms with Crippen LogP contribution in [0.15, 0.2) is 108 Å². The molecule has 2 aromatic heterocycles. The second kappa shape index (κ2) is 9.31. The van der Waals surface area contributed by atoms with Gasteiger partial charge in [-0.1, -0.05) is 66.7 Å². The minimum Gasteiger partial charge on any atom is -1.00 e. The van der Waals surface area contributed by atoms with Crippen molar-refractivity contribution in [3.05, 3.63) is 142 Å². The molecule has 5 aromatic rings. The zero-order valence-corrected chi connectivity index (χ0v) is 20.4. The Bertz CT molecular complexity index is 1640. The summed E-state index contributed by atoms with van der Waals surface area (Å²) in [7, 11) is 0. The van der Waals surface area contributed by atoms with Crippen molar-refractivity contribution in [1.29, 1.82) is 0 Å². The number of para-hydroxylation sites is 1. The van der Waals surface area contributed by atoms with Crippen LogP contribution in [0.1, 0.15) is 28.1 Å². The first-order chi connectivity index (χ1) is 16.7. The number of aromatic nitrogens is 3. The van der Waals surface area contributed by atoms with Crippen molar-refractivity contribution in [2.75, 3.05) is 0 Å². The molecule has 6 heteroatoms. The zero-order valence-electron chi connectivity index (χ0n) is 18.8. The molecule has 0 amide bonds. The van der Waals surface area contributed by atoms with E-state index in [1.54, 1.807) is 6.07 Å². The van der Waals surface area contributed by atoms with Crippen LogP contribution in [-0.4, -0.2) is 14.7 Å². The lowest BCUT2D eigenvalue weighted by molar-refractivity contribution is -0.688. The van der Waals surface area contributed by atoms with Crippen molar-refractivity contribution < 1.29 is 26.7 Å². The van der Waals surface area contributed by atoms with Gasteiger partial charge in [0.1, 0.15) is 11.6 Å². The number of fused-ring (bicyclic) bond motifs is 4. The van der Waals surface area contributed by atoms with Gasteiger partial charge in [-0.2, -0.15) is 4.98 Å². The van der Waals surface area contributed by atoms with Crippen LogP contribution in [0.5, 0.6) is 0 Å². The van der Waals surface area contributed by atoms with Crippen LogP contribution in [0.3, 0.4) is 0 Å². The first-order valence-corrected chi connectivity index (χ1v) is 11.2. The topological polar surface area (TPSA) is 59.0 Å². The maximum absolute atomic E-state index is 12.9. The molecule has 0 saturated carbocycles. The second-order valence-electron chi connectivity index (χ2n) is 8.43. The Kier molecular flexibility index (Phi) is 6.05. The van der Waals surface area contributed by atoms with Crippen LogP contribution in [-0.2, 0) is 13.1 Å². The van der Waals surface area contributed by atoms with Gasteiger partial charge in [0.15, 0.2) is 18.9 Å². The maximum atomic E-state index is 12.9. The average molecular weight is 524 g/mol. The van der Waals surface area contributed by atoms with Crippen molar-refractivity contribution in [1.82, 2.24) is 9.55 Å². The number of halogens is 1. The number of hydrogen-bond donors (Lipinski definition) is 1. The summed E-state index contributed by atoms with van der Waals surface area (Å²) in [6, 6.07) is 29.3. The third kappa shape index (κ3) is 3.96. The SMILES string of the molecule is O=c1nc2n(c3ccccc13)Cc1ccccc1/C2=C(/O)c1ccccc1C[n+]1ccccc1.[Br-]. The van der Waals surface area contributed by atoms with Gasteiger partial charge in [0, 0.05) is 23.3 Å². The third-order valence-electron chi connectivity index (χ3n) is 6.37. The van der Waals surface area contributed by atoms with Gasteiger partial charge in [-0.15, -0.1) is 0 Å². The molecule has 35 heavy (non-hydrogen) atoms. The molecule has 5 nitrogen and oxygen atoms in total. The van der Waals surface area contributed by atoms with Crippen molar-refractivity contribution in [2.45, 2.75) is 13.1 Å². The van der Waals surface area contributed by atoms with Crippen molar-refractivity contribution in [3.63, 3.8) is 0 Å². The molecule has 3 aromatic carbocycles. The van der Waals surface area contributed by atoms with Crippen LogP contribution in [0.25, 0.3) is 22.2 Å². The smallest absolute Gasteiger partial charge is 0.281 e. The molecular weight excluding hydrogens is 502 g/mol. The fourth-order valence-corrected chi connectivity index (χ4v) is 4.76. The molecular formula is C29H22BrN3O2. The van der Waals surface area contributed by atoms with Gasteiger partial charge >= 0.3 is 0 Å². The Morgan fingerprint density at radius 1 is 0.886 bits per heavy atom. The third-order valence-corrected chi connectivity index (χ3v) is 6.37. The highest BCUT2D eigenvalue weighted by Gasteiger charge is 2.27. The molecule has 0 radical (unpaired) electrons. The Hall–Kier alpha value is -4.03. The summed E-state index contributed by atoms with van der Waals surface area (Å²) in [5, 5.41) is 12.4. The molecule has 1 aliphatic rings. The molecule has 0 spiro atoms. The molecule has 3 heterocycles. The number of hydrogen-bond acceptors (Lipinski definition) is 3. The molecule has 1 N–H and O–H groups in total. The Morgan fingerprint density at radius 2 is 1.60 bits per heavy atom. The highest BCUT2D eigenvalue weighted by molar-refractivity contribution is 5.97. The van der Waals surface area contributed by atoms with E-state index in [1.807, 2.05) is 95.8 Å². The lowest BCUT2D eigenvalue weighted by atomic mass is 9.91. The minimum atomic E-state index is -0.292. The summed E-state index contributed by atoms with van der Waals surface area (Å²) in [6.07, 6.45) is 4.00. The van der Waals surface area contributed by atoms with Gasteiger partial charge in [0.05, 0.1) is 23.0 Å². The minimum absolute atomic E-state index is 0. The average Bonchev–Trinajstić information content (AvgIpc) is 2.88. The summed E-state index contributed by atoms with van der Waals surface area (Å²) >= 11 is 0. The van der Waals surface area contributed by atoms with Crippen LogP contribution >= 0.6 is 0 Å². The van der Waals surface area contributed by atoms with Crippen molar-refractivity contribution in [3.8, 4) is 0 Å². The second-order valence-corrected chi connectivity index (χ2v) is 8.43. The van der Waals surface area contributed by atoms with Crippen LogP contribution in [0.2, 0.25) is 0 Å². The van der Waals surface area contributed by atoms with Gasteiger partial charge in [-0.05, 0) is 23.3 Å². The van der Waals surface area contributed by atoms with Gasteiger partial charge in [0.2, 0.25) is 0 Å². The van der Waals surface area contributed by atoms with E-state index in [9.17, 15) is 9.90 Å². The number of rotatable bonds is 3. The highest BCUT2D eigenvalue weighted by Crippen LogP contribution is 2.37. The summed E-state index contributed by atoms with van der Waals surface area (Å²) in [4.78, 5) is 17.4. The molecule has 6 rings (SSSR count). The van der Waals surface area contributed by atoms with Crippen molar-refractivity contribution in [2.24, 2.45) is 0 Å². The molecule has 0 atom stereocenters. The number of pyridine rings is 1. The van der Waals surface area contributed by atoms with Crippen molar-refractivity contribution >= 4 is 22.2 Å². The Labute approximate surface area is 213 Å². The van der Waals surface area contributed by atoms with E-state index in [1.165, 1.54) is 0 Å². The molecule has 0 bridgehead atoms. The van der Waals surface area contributed by atoms with E-state index in [0.717, 1.165) is 27.8 Å². The zero-order chi connectivity index (χ0) is 23.1. The summed E-state index contributed by atoms with van der Waals surface area (Å²) in [5.41, 5.74) is 4.76. The van der Waals surface area contributed by atoms with Gasteiger partial charge < -0.3 is 26.7 Å². The fourth-order valence-electron chi connectivity index (χ4n) is 4.76. The van der Waals surface area contributed by atoms with Crippen LogP contribution < -0.4 is 27.1 Å². The molecule has 0 unspecified atom stereocenters. The first-order valence-electron chi connectivity index (χ1n) is 11.2. The van der Waals surface area contributed by atoms with Gasteiger partial charge in [0.25, 0.3) is 5.56 Å². The molecule has 172 valence electrons. The highest BCUT2D eigenvalue weighted by atomic mass is 79.9. The molecule has 0 aliphatic carbocycles. The lowest BCUT2D eigenvalue weighted by Gasteiger charge is -2.26. The predicted molar refractivity (Wildman–Crippen MR) is 132 cm³/mol. The summed E-state index contributed by atoms with van der Waals surface area (Å²) < 4.78 is 4.09. The van der Waals surface area contributed by atoms with Crippen LogP contribution in [0, 0.1) is 0 Å². The van der Waals surface area contributed by atoms with E-state index >= 15 is 0 Å². The summed E-state index contributed by atoms with van der Waals surface area (Å²) in [6.45, 7) is 1.19. The van der Waals surface area contributed by atoms with E-state index in [-0.39, 0.29) is 28.3 Å². The summed E-state index contributed by atoms with van der Waals surface area (Å²) in [5.74, 6) is 0.609. The van der Waals surface area contributed by atoms with Crippen LogP contribution in [0.4, 0.5) is 0 Å². The molecule has 0 fully saturated rings. The number of benzene rings is 3. The first kappa shape index (κ1) is 22.7. The largest absolute Gasteiger partial charge is 1.00 e. The standard InChI is InChI=1S/C29H21N3O2.BrH/c33-27(23-13-5-3-10-20(23)18-31-16-8-1-9-17-31)26-22-12-4-2-11-21(22)19-32-25-15-7-6-14-24(25)29(34)30-28(26)32;/h1-17H,18-19H2;1H. The predicted octanol–water partition coefficient (Wildman–Crippen LogP) is 1.57. The van der Waals surface area contributed by atoms with E-state index in [2.05, 4.69) is 15.6 Å². The molecule has 0 saturated heterocycles. The fraction of sp³-hybridized carbons (Fsp3) is 0.0690. The monoisotopic (exact) mass is 523 g/mol.